The quantitative estimate of drug-likeness (QED) is 0.405. The first-order valence-electron chi connectivity index (χ1n) is 13.3. The predicted molar refractivity (Wildman–Crippen MR) is 149 cm³/mol. The number of nitrogens with zero attached hydrogens (tertiary/aromatic N) is 4. The fourth-order valence-electron chi connectivity index (χ4n) is 6.00. The molecule has 0 aliphatic carbocycles. The van der Waals surface area contributed by atoms with Crippen LogP contribution in [-0.4, -0.2) is 80.6 Å². The van der Waals surface area contributed by atoms with E-state index in [4.69, 9.17) is 0 Å². The molecule has 2 saturated heterocycles. The summed E-state index contributed by atoms with van der Waals surface area (Å²) < 4.78 is 0. The number of likely N-dealkylation sites (N-methyl/N-ethyl adjacent to an activating group) is 2. The van der Waals surface area contributed by atoms with Crippen molar-refractivity contribution in [1.29, 1.82) is 0 Å². The number of fused-ring (bicyclic) bond motifs is 2. The second-order valence-corrected chi connectivity index (χ2v) is 10.5. The van der Waals surface area contributed by atoms with Crippen molar-refractivity contribution >= 4 is 22.7 Å². The summed E-state index contributed by atoms with van der Waals surface area (Å²) in [6.07, 6.45) is 2.55. The molecule has 6 rings (SSSR count). The first kappa shape index (κ1) is 25.2. The molecule has 200 valence electrons. The number of hydrogen-bond acceptors (Lipinski definition) is 5. The minimum absolute atomic E-state index is 0.0345. The molecule has 39 heavy (non-hydrogen) atoms. The fraction of sp³-hybridized carbons (Fsp3) is 0.290. The first-order chi connectivity index (χ1) is 18.9. The van der Waals surface area contributed by atoms with Crippen LogP contribution in [0.4, 0.5) is 0 Å². The summed E-state index contributed by atoms with van der Waals surface area (Å²) in [6.45, 7) is 0.860. The van der Waals surface area contributed by atoms with Gasteiger partial charge >= 0.3 is 0 Å². The molecule has 3 atom stereocenters. The number of aromatic nitrogens is 1. The molecule has 1 unspecified atom stereocenters. The molecule has 2 N–H and O–H groups in total. The van der Waals surface area contributed by atoms with Crippen LogP contribution in [0.3, 0.4) is 0 Å². The van der Waals surface area contributed by atoms with Gasteiger partial charge in [0.05, 0.1) is 12.1 Å². The number of aromatic hydroxyl groups is 1. The molecule has 4 aromatic rings. The van der Waals surface area contributed by atoms with Crippen molar-refractivity contribution in [3.05, 3.63) is 102 Å². The van der Waals surface area contributed by atoms with Crippen molar-refractivity contribution in [3.8, 4) is 5.75 Å². The lowest BCUT2D eigenvalue weighted by atomic mass is 9.95. The van der Waals surface area contributed by atoms with Crippen LogP contribution in [0.2, 0.25) is 0 Å². The molecule has 0 radical (unpaired) electrons. The second-order valence-electron chi connectivity index (χ2n) is 10.5. The summed E-state index contributed by atoms with van der Waals surface area (Å²) >= 11 is 0. The highest BCUT2D eigenvalue weighted by atomic mass is 16.3. The van der Waals surface area contributed by atoms with Crippen LogP contribution in [0.1, 0.15) is 16.7 Å². The molecule has 1 aromatic heterocycles. The SMILES string of the molecule is CN1C(Cc2ccccc2)C(=O)N2[C@@H](Cc3ccc(O)cc3)C(=O)N(Cc3cccc4cc[nH]c34)C[C@@H]2N1C. The number of carbonyl (C=O) groups excluding carboxylic acids is 2. The first-order valence-corrected chi connectivity index (χ1v) is 13.3. The van der Waals surface area contributed by atoms with Crippen molar-refractivity contribution in [1.82, 2.24) is 24.8 Å². The summed E-state index contributed by atoms with van der Waals surface area (Å²) in [5, 5.41) is 15.0. The molecule has 2 aliphatic rings. The minimum atomic E-state index is -0.655. The van der Waals surface area contributed by atoms with Gasteiger partial charge in [0.15, 0.2) is 0 Å². The van der Waals surface area contributed by atoms with Gasteiger partial charge in [0, 0.05) is 33.3 Å². The number of aromatic amines is 1. The summed E-state index contributed by atoms with van der Waals surface area (Å²) in [5.74, 6) is 0.0750. The van der Waals surface area contributed by atoms with E-state index in [9.17, 15) is 14.7 Å². The lowest BCUT2D eigenvalue weighted by Crippen LogP contribution is -2.76. The minimum Gasteiger partial charge on any atom is -0.508 e. The van der Waals surface area contributed by atoms with E-state index < -0.39 is 12.1 Å². The molecule has 8 nitrogen and oxygen atoms in total. The zero-order chi connectivity index (χ0) is 27.1. The van der Waals surface area contributed by atoms with Crippen molar-refractivity contribution in [2.75, 3.05) is 20.6 Å². The van der Waals surface area contributed by atoms with E-state index in [-0.39, 0.29) is 23.7 Å². The third-order valence-electron chi connectivity index (χ3n) is 8.23. The fourth-order valence-corrected chi connectivity index (χ4v) is 6.00. The van der Waals surface area contributed by atoms with Gasteiger partial charge in [-0.3, -0.25) is 9.59 Å². The predicted octanol–water partition coefficient (Wildman–Crippen LogP) is 3.39. The molecule has 2 amide bonds. The third kappa shape index (κ3) is 4.66. The topological polar surface area (TPSA) is 83.1 Å². The number of piperazine rings is 1. The van der Waals surface area contributed by atoms with Crippen LogP contribution in [0.5, 0.6) is 5.75 Å². The highest BCUT2D eigenvalue weighted by Crippen LogP contribution is 2.32. The van der Waals surface area contributed by atoms with E-state index in [1.165, 1.54) is 0 Å². The van der Waals surface area contributed by atoms with Crippen molar-refractivity contribution in [2.24, 2.45) is 0 Å². The number of hydrogen-bond donors (Lipinski definition) is 2. The van der Waals surface area contributed by atoms with E-state index in [0.717, 1.165) is 27.6 Å². The molecule has 8 heteroatoms. The molecule has 2 aliphatic heterocycles. The van der Waals surface area contributed by atoms with Crippen LogP contribution < -0.4 is 0 Å². The number of para-hydroxylation sites is 1. The Hall–Kier alpha value is -4.14. The molecular weight excluding hydrogens is 490 g/mol. The summed E-state index contributed by atoms with van der Waals surface area (Å²) in [4.78, 5) is 35.3. The Bertz CT molecular complexity index is 1490. The number of benzene rings is 3. The third-order valence-corrected chi connectivity index (χ3v) is 8.23. The molecule has 2 fully saturated rings. The summed E-state index contributed by atoms with van der Waals surface area (Å²) in [7, 11) is 3.96. The Morgan fingerprint density at radius 2 is 1.51 bits per heavy atom. The highest BCUT2D eigenvalue weighted by molar-refractivity contribution is 5.92. The van der Waals surface area contributed by atoms with Crippen LogP contribution >= 0.6 is 0 Å². The van der Waals surface area contributed by atoms with Gasteiger partial charge in [0.1, 0.15) is 24.0 Å². The van der Waals surface area contributed by atoms with Crippen LogP contribution in [-0.2, 0) is 29.0 Å². The number of nitrogens with one attached hydrogen (secondary N) is 1. The molecule has 0 saturated carbocycles. The van der Waals surface area contributed by atoms with Gasteiger partial charge in [-0.2, -0.15) is 0 Å². The van der Waals surface area contributed by atoms with Gasteiger partial charge in [-0.25, -0.2) is 10.0 Å². The molecule has 0 bridgehead atoms. The van der Waals surface area contributed by atoms with Gasteiger partial charge in [-0.1, -0.05) is 60.7 Å². The Morgan fingerprint density at radius 1 is 0.795 bits per heavy atom. The van der Waals surface area contributed by atoms with Crippen molar-refractivity contribution < 1.29 is 14.7 Å². The smallest absolute Gasteiger partial charge is 0.246 e. The second kappa shape index (κ2) is 10.2. The zero-order valence-corrected chi connectivity index (χ0v) is 22.2. The summed E-state index contributed by atoms with van der Waals surface area (Å²) in [5.41, 5.74) is 4.04. The normalized spacial score (nSPS) is 22.5. The Labute approximate surface area is 228 Å². The standard InChI is InChI=1S/C31H33N5O3/c1-33-26(17-21-7-4-3-5-8-21)31(39)36-27(18-22-11-13-25(37)14-12-22)30(38)35(20-28(36)34(33)2)19-24-10-6-9-23-15-16-32-29(23)24/h3-16,26-28,32,37H,17-20H2,1-2H3/t26?,27-,28+/m0/s1. The monoisotopic (exact) mass is 523 g/mol. The van der Waals surface area contributed by atoms with Crippen LogP contribution in [0.25, 0.3) is 10.9 Å². The largest absolute Gasteiger partial charge is 0.508 e. The average Bonchev–Trinajstić information content (AvgIpc) is 3.44. The van der Waals surface area contributed by atoms with Gasteiger partial charge in [-0.05, 0) is 46.7 Å². The van der Waals surface area contributed by atoms with Gasteiger partial charge < -0.3 is 19.9 Å². The number of amides is 2. The zero-order valence-electron chi connectivity index (χ0n) is 22.2. The average molecular weight is 524 g/mol. The van der Waals surface area contributed by atoms with E-state index in [1.807, 2.05) is 95.8 Å². The Morgan fingerprint density at radius 3 is 2.28 bits per heavy atom. The Kier molecular flexibility index (Phi) is 6.58. The number of H-pyrrole nitrogens is 1. The van der Waals surface area contributed by atoms with Gasteiger partial charge in [0.25, 0.3) is 0 Å². The lowest BCUT2D eigenvalue weighted by molar-refractivity contribution is -0.205. The molecule has 3 heterocycles. The highest BCUT2D eigenvalue weighted by Gasteiger charge is 2.51. The molecule has 3 aromatic carbocycles. The van der Waals surface area contributed by atoms with Crippen molar-refractivity contribution in [2.45, 2.75) is 37.6 Å². The number of hydrazine groups is 1. The number of phenols is 1. The number of carbonyl (C=O) groups is 2. The number of rotatable bonds is 6. The van der Waals surface area contributed by atoms with E-state index in [2.05, 4.69) is 16.1 Å². The van der Waals surface area contributed by atoms with Crippen LogP contribution in [0, 0.1) is 0 Å². The molecular formula is C31H33N5O3. The van der Waals surface area contributed by atoms with Crippen LogP contribution in [0.15, 0.2) is 85.1 Å². The van der Waals surface area contributed by atoms with Gasteiger partial charge in [0.2, 0.25) is 11.8 Å². The maximum Gasteiger partial charge on any atom is 0.246 e. The van der Waals surface area contributed by atoms with E-state index in [0.29, 0.717) is 25.9 Å². The van der Waals surface area contributed by atoms with E-state index in [1.54, 1.807) is 12.1 Å². The molecule has 0 spiro atoms. The lowest BCUT2D eigenvalue weighted by Gasteiger charge is -2.56. The Balaban J connectivity index is 1.35. The number of phenolic OH excluding ortho intramolecular Hbond substituents is 1. The summed E-state index contributed by atoms with van der Waals surface area (Å²) in [6, 6.07) is 24.0. The maximum atomic E-state index is 14.2. The van der Waals surface area contributed by atoms with E-state index >= 15 is 0 Å². The van der Waals surface area contributed by atoms with Gasteiger partial charge in [-0.15, -0.1) is 0 Å². The maximum absolute atomic E-state index is 14.2. The van der Waals surface area contributed by atoms with Crippen molar-refractivity contribution in [3.63, 3.8) is 0 Å².